The molecule has 0 aromatic carbocycles. The van der Waals surface area contributed by atoms with Gasteiger partial charge in [0, 0.05) is 11.1 Å². The van der Waals surface area contributed by atoms with Crippen LogP contribution in [-0.2, 0) is 9.59 Å². The van der Waals surface area contributed by atoms with Crippen molar-refractivity contribution in [1.82, 2.24) is 0 Å². The van der Waals surface area contributed by atoms with Crippen LogP contribution in [0.4, 0.5) is 0 Å². The van der Waals surface area contributed by atoms with Gasteiger partial charge in [-0.15, -0.1) is 0 Å². The Labute approximate surface area is 851 Å². The molecule has 64 heteroatoms. The number of aliphatic hydroxyl groups is 60. The van der Waals surface area contributed by atoms with Gasteiger partial charge >= 0.3 is 11.9 Å². The maximum absolute atomic E-state index is 9.60. The Kier molecular flexibility index (Phi) is 140. The Bertz CT molecular complexity index is 1730. The van der Waals surface area contributed by atoms with Crippen LogP contribution >= 0.6 is 0 Å². The molecule has 0 radical (unpaired) electrons. The highest BCUT2D eigenvalue weighted by Gasteiger charge is 2.36. The molecule has 0 aromatic heterocycles. The van der Waals surface area contributed by atoms with Gasteiger partial charge in [-0.05, 0) is 13.8 Å². The number of aliphatic hydroxyl groups excluding tert-OH is 60. The van der Waals surface area contributed by atoms with E-state index >= 15 is 0 Å². The summed E-state index contributed by atoms with van der Waals surface area (Å²) in [6.45, 7) is -15.2. The molecule has 0 aliphatic rings. The van der Waals surface area contributed by atoms with Crippen molar-refractivity contribution >= 4 is 11.9 Å². The molecule has 62 N–H and O–H groups in total. The lowest BCUT2D eigenvalue weighted by Crippen LogP contribution is -2.37. The minimum absolute atomic E-state index is 0.176. The zero-order chi connectivity index (χ0) is 120. The molecule has 908 valence electrons. The lowest BCUT2D eigenvalue weighted by atomic mass is 9.93. The van der Waals surface area contributed by atoms with Gasteiger partial charge in [-0.1, -0.05) is 13.2 Å². The number of carboxylic acids is 2. The summed E-state index contributed by atoms with van der Waals surface area (Å²) in [6, 6.07) is 0. The van der Waals surface area contributed by atoms with E-state index in [9.17, 15) is 9.59 Å². The second kappa shape index (κ2) is 113. The highest BCUT2D eigenvalue weighted by molar-refractivity contribution is 5.85. The fraction of sp³-hybridized carbons (Fsp3) is 0.928. The van der Waals surface area contributed by atoms with E-state index in [0.717, 1.165) is 0 Å². The molecular weight excluding hydrogens is 2020 g/mol. The number of hydrogen-bond donors (Lipinski definition) is 62. The highest BCUT2D eigenvalue weighted by Crippen LogP contribution is 2.21. The smallest absolute Gasteiger partial charge is 0.330 e. The Morgan fingerprint density at radius 2 is 0.129 bits per heavy atom. The molecule has 64 nitrogen and oxygen atoms in total. The molecule has 0 aliphatic carbocycles. The third kappa shape index (κ3) is 82.2. The summed E-state index contributed by atoms with van der Waals surface area (Å²) in [4.78, 5) is 19.2. The molecule has 0 fully saturated rings. The summed E-state index contributed by atoms with van der Waals surface area (Å²) in [7, 11) is 0. The molecule has 0 amide bonds. The largest absolute Gasteiger partial charge is 0.478 e. The van der Waals surface area contributed by atoms with Crippen molar-refractivity contribution in [3.8, 4) is 0 Å². The first-order chi connectivity index (χ1) is 68.9. The van der Waals surface area contributed by atoms with Crippen molar-refractivity contribution in [3.05, 3.63) is 24.3 Å². The molecule has 0 unspecified atom stereocenters. The summed E-state index contributed by atoms with van der Waals surface area (Å²) in [6.07, 6.45) is 0. The molecule has 0 heterocycles. The predicted octanol–water partition coefficient (Wildman–Crippen LogP) is -29.6. The third-order valence-corrected chi connectivity index (χ3v) is 20.9. The second-order valence-corrected chi connectivity index (χ2v) is 34.2. The van der Waals surface area contributed by atoms with Crippen molar-refractivity contribution in [2.75, 3.05) is 396 Å². The van der Waals surface area contributed by atoms with Gasteiger partial charge < -0.3 is 317 Å². The van der Waals surface area contributed by atoms with Crippen molar-refractivity contribution < 1.29 is 326 Å². The maximum atomic E-state index is 9.60. The minimum Gasteiger partial charge on any atom is -0.478 e. The van der Waals surface area contributed by atoms with Crippen LogP contribution < -0.4 is 0 Å². The van der Waals surface area contributed by atoms with E-state index in [4.69, 9.17) is 317 Å². The van der Waals surface area contributed by atoms with Gasteiger partial charge in [-0.2, -0.15) is 0 Å². The number of aliphatic carboxylic acids is 2. The Balaban J connectivity index is -0.0000000815. The fourth-order valence-electron chi connectivity index (χ4n) is 4.50. The first-order valence-electron chi connectivity index (χ1n) is 43.2. The molecule has 0 rings (SSSR count). The van der Waals surface area contributed by atoms with E-state index in [1.807, 2.05) is 0 Å². The van der Waals surface area contributed by atoms with Crippen molar-refractivity contribution in [2.24, 2.45) is 81.2 Å². The van der Waals surface area contributed by atoms with Crippen molar-refractivity contribution in [2.45, 2.75) is 13.8 Å². The monoisotopic (exact) mass is 2210 g/mol. The van der Waals surface area contributed by atoms with Crippen LogP contribution in [0.1, 0.15) is 13.8 Å². The van der Waals surface area contributed by atoms with E-state index in [1.165, 1.54) is 13.8 Å². The van der Waals surface area contributed by atoms with Gasteiger partial charge in [-0.3, -0.25) is 0 Å². The van der Waals surface area contributed by atoms with Gasteiger partial charge in [0.15, 0.2) is 0 Å². The SMILES string of the molecule is C=C(C)C(=O)O.C=C(C)C(=O)O.OCC(CO)(CO)CO.OCC(CO)(CO)CO.OCC(CO)(CO)CO.OCC(CO)(CO)CO.OCC(CO)(CO)CO.OCC(CO)(CO)CO.OCC(CO)(CO)CO.OCC(CO)(CO)CO.OCC(CO)(CO)CO.OCC(CO)(CO)CO.OCC(CO)(CO)CO.OCC(CO)(CO)CO.OCC(CO)(CO)CO.OCC(CO)(CO)CO.OCC(CO)(CO)CO. The molecule has 0 bridgehead atoms. The summed E-state index contributed by atoms with van der Waals surface area (Å²) in [5.41, 5.74) is -16.3. The van der Waals surface area contributed by atoms with Crippen molar-refractivity contribution in [1.29, 1.82) is 0 Å². The number of carbonyl (C=O) groups is 2. The molecule has 0 aliphatic heterocycles. The highest BCUT2D eigenvalue weighted by atomic mass is 16.4. The van der Waals surface area contributed by atoms with Crippen molar-refractivity contribution in [3.63, 3.8) is 0 Å². The van der Waals surface area contributed by atoms with Crippen LogP contribution in [0.25, 0.3) is 0 Å². The van der Waals surface area contributed by atoms with E-state index in [2.05, 4.69) is 13.2 Å². The lowest BCUT2D eigenvalue weighted by molar-refractivity contribution is -0.133. The number of hydrogen-bond acceptors (Lipinski definition) is 62. The third-order valence-electron chi connectivity index (χ3n) is 20.9. The average Bonchev–Trinajstić information content (AvgIpc) is 1.01. The summed E-state index contributed by atoms with van der Waals surface area (Å²) in [5, 5.41) is 526. The maximum Gasteiger partial charge on any atom is 0.330 e. The van der Waals surface area contributed by atoms with Gasteiger partial charge in [0.1, 0.15) is 0 Å². The standard InChI is InChI=1S/15C5H12O4.2C4H6O2/c15*6-1-5(2-7,3-8)4-9;2*1-3(2)4(5)6/h15*6-9H,1-4H2;2*1H2,2H3,(H,5,6). The Morgan fingerprint density at radius 1 is 0.109 bits per heavy atom. The quantitative estimate of drug-likeness (QED) is 0.0251. The molecule has 0 aromatic rings. The first-order valence-corrected chi connectivity index (χ1v) is 43.2. The molecule has 0 saturated carbocycles. The molecule has 0 saturated heterocycles. The van der Waals surface area contributed by atoms with Crippen LogP contribution in [0.15, 0.2) is 24.3 Å². The van der Waals surface area contributed by atoms with Crippen LogP contribution in [-0.4, -0.2) is 725 Å². The van der Waals surface area contributed by atoms with Gasteiger partial charge in [-0.25, -0.2) is 9.59 Å². The normalized spacial score (nSPS) is 11.6. The average molecular weight is 2210 g/mol. The topological polar surface area (TPSA) is 1290 Å². The van der Waals surface area contributed by atoms with Gasteiger partial charge in [0.25, 0.3) is 0 Å². The first kappa shape index (κ1) is 182. The number of rotatable bonds is 62. The van der Waals surface area contributed by atoms with Crippen LogP contribution in [0.2, 0.25) is 0 Å². The van der Waals surface area contributed by atoms with E-state index in [-0.39, 0.29) is 11.1 Å². The minimum atomic E-state index is -1.11. The Morgan fingerprint density at radius 3 is 0.129 bits per heavy atom. The molecule has 147 heavy (non-hydrogen) atoms. The molecular formula is C83H192O64. The van der Waals surface area contributed by atoms with Crippen LogP contribution in [0, 0.1) is 81.2 Å². The van der Waals surface area contributed by atoms with Gasteiger partial charge in [0.2, 0.25) is 0 Å². The lowest BCUT2D eigenvalue weighted by Gasteiger charge is -2.23. The summed E-state index contributed by atoms with van der Waals surface area (Å²) >= 11 is 0. The summed E-state index contributed by atoms with van der Waals surface area (Å²) < 4.78 is 0. The fourth-order valence-corrected chi connectivity index (χ4v) is 4.50. The zero-order valence-corrected chi connectivity index (χ0v) is 83.9. The van der Waals surface area contributed by atoms with Crippen LogP contribution in [0.5, 0.6) is 0 Å². The van der Waals surface area contributed by atoms with E-state index in [0.29, 0.717) is 0 Å². The Hall–Kier alpha value is -3.98. The van der Waals surface area contributed by atoms with E-state index < -0.39 is 490 Å². The molecule has 0 spiro atoms. The molecule has 0 atom stereocenters. The number of carboxylic acid groups (broad SMARTS) is 2. The second-order valence-electron chi connectivity index (χ2n) is 34.2. The van der Waals surface area contributed by atoms with Gasteiger partial charge in [0.05, 0.1) is 478 Å². The van der Waals surface area contributed by atoms with E-state index in [1.54, 1.807) is 0 Å². The summed E-state index contributed by atoms with van der Waals surface area (Å²) in [5.74, 6) is -1.87. The van der Waals surface area contributed by atoms with Crippen LogP contribution in [0.3, 0.4) is 0 Å². The predicted molar refractivity (Wildman–Crippen MR) is 507 cm³/mol. The zero-order valence-electron chi connectivity index (χ0n) is 83.9.